The monoisotopic (exact) mass is 221 g/mol. The molecule has 0 aliphatic heterocycles. The van der Waals surface area contributed by atoms with Crippen molar-refractivity contribution in [1.82, 2.24) is 9.97 Å². The van der Waals surface area contributed by atoms with Gasteiger partial charge in [-0.1, -0.05) is 11.6 Å². The predicted molar refractivity (Wildman–Crippen MR) is 62.1 cm³/mol. The molecule has 0 atom stereocenters. The second kappa shape index (κ2) is 4.36. The van der Waals surface area contributed by atoms with Crippen LogP contribution in [0.15, 0.2) is 30.7 Å². The van der Waals surface area contributed by atoms with Crippen molar-refractivity contribution in [2.24, 2.45) is 0 Å². The van der Waals surface area contributed by atoms with Crippen molar-refractivity contribution >= 4 is 17.3 Å². The number of rotatable bonds is 3. The van der Waals surface area contributed by atoms with Crippen molar-refractivity contribution in [2.75, 3.05) is 5.32 Å². The van der Waals surface area contributed by atoms with Gasteiger partial charge in [0.25, 0.3) is 0 Å². The Labute approximate surface area is 93.5 Å². The van der Waals surface area contributed by atoms with Crippen molar-refractivity contribution in [3.05, 3.63) is 47.0 Å². The average Bonchev–Trinajstić information content (AvgIpc) is 2.72. The fraction of sp³-hybridized carbons (Fsp3) is 0.182. The Balaban J connectivity index is 2.07. The highest BCUT2D eigenvalue weighted by Gasteiger charge is 2.01. The van der Waals surface area contributed by atoms with Crippen LogP contribution in [0, 0.1) is 6.92 Å². The molecule has 0 bridgehead atoms. The largest absolute Gasteiger partial charge is 0.378 e. The maximum atomic E-state index is 5.95. The van der Waals surface area contributed by atoms with Gasteiger partial charge in [-0.3, -0.25) is 0 Å². The summed E-state index contributed by atoms with van der Waals surface area (Å²) in [6.45, 7) is 2.74. The first-order valence-corrected chi connectivity index (χ1v) is 5.11. The van der Waals surface area contributed by atoms with Gasteiger partial charge in [0.15, 0.2) is 5.15 Å². The number of hydrogen-bond donors (Lipinski definition) is 2. The van der Waals surface area contributed by atoms with Crippen LogP contribution >= 0.6 is 11.6 Å². The second-order valence-corrected chi connectivity index (χ2v) is 3.78. The maximum absolute atomic E-state index is 5.95. The number of aromatic amines is 1. The molecule has 0 aromatic carbocycles. The van der Waals surface area contributed by atoms with E-state index < -0.39 is 0 Å². The quantitative estimate of drug-likeness (QED) is 0.783. The van der Waals surface area contributed by atoms with Crippen molar-refractivity contribution in [3.8, 4) is 0 Å². The molecule has 78 valence electrons. The van der Waals surface area contributed by atoms with E-state index in [0.29, 0.717) is 5.15 Å². The van der Waals surface area contributed by atoms with Crippen LogP contribution in [0.2, 0.25) is 5.15 Å². The minimum absolute atomic E-state index is 0.510. The highest BCUT2D eigenvalue weighted by atomic mass is 35.5. The average molecular weight is 222 g/mol. The maximum Gasteiger partial charge on any atom is 0.152 e. The Morgan fingerprint density at radius 1 is 1.53 bits per heavy atom. The first kappa shape index (κ1) is 10.1. The van der Waals surface area contributed by atoms with Gasteiger partial charge >= 0.3 is 0 Å². The number of aryl methyl sites for hydroxylation is 1. The summed E-state index contributed by atoms with van der Waals surface area (Å²) in [5.41, 5.74) is 3.15. The van der Waals surface area contributed by atoms with E-state index in [9.17, 15) is 0 Å². The number of H-pyrrole nitrogens is 1. The highest BCUT2D eigenvalue weighted by molar-refractivity contribution is 6.31. The molecule has 15 heavy (non-hydrogen) atoms. The van der Waals surface area contributed by atoms with Crippen LogP contribution in [0.25, 0.3) is 0 Å². The van der Waals surface area contributed by atoms with Crippen molar-refractivity contribution in [1.29, 1.82) is 0 Å². The van der Waals surface area contributed by atoms with E-state index in [1.807, 2.05) is 31.5 Å². The number of nitrogens with one attached hydrogen (secondary N) is 2. The van der Waals surface area contributed by atoms with Crippen LogP contribution in [0.1, 0.15) is 11.1 Å². The summed E-state index contributed by atoms with van der Waals surface area (Å²) in [4.78, 5) is 7.08. The summed E-state index contributed by atoms with van der Waals surface area (Å²) in [6.07, 6.45) is 5.60. The van der Waals surface area contributed by atoms with Gasteiger partial charge in [0, 0.05) is 25.1 Å². The summed E-state index contributed by atoms with van der Waals surface area (Å²) in [5, 5.41) is 3.75. The van der Waals surface area contributed by atoms with E-state index >= 15 is 0 Å². The molecule has 0 aliphatic carbocycles. The summed E-state index contributed by atoms with van der Waals surface area (Å²) in [6, 6.07) is 4.01. The van der Waals surface area contributed by atoms with Crippen LogP contribution < -0.4 is 5.32 Å². The Morgan fingerprint density at radius 2 is 2.40 bits per heavy atom. The zero-order valence-corrected chi connectivity index (χ0v) is 9.17. The number of anilines is 1. The Bertz CT molecular complexity index is 437. The van der Waals surface area contributed by atoms with Crippen molar-refractivity contribution in [2.45, 2.75) is 13.5 Å². The third kappa shape index (κ3) is 2.50. The van der Waals surface area contributed by atoms with Gasteiger partial charge < -0.3 is 10.3 Å². The number of nitrogens with zero attached hydrogens (tertiary/aromatic N) is 1. The second-order valence-electron chi connectivity index (χ2n) is 3.42. The molecule has 0 spiro atoms. The molecule has 2 aromatic rings. The Morgan fingerprint density at radius 3 is 3.13 bits per heavy atom. The van der Waals surface area contributed by atoms with E-state index in [2.05, 4.69) is 15.3 Å². The van der Waals surface area contributed by atoms with Crippen LogP contribution in [-0.2, 0) is 6.54 Å². The van der Waals surface area contributed by atoms with Gasteiger partial charge in [-0.05, 0) is 30.2 Å². The standard InChI is InChI=1S/C11H12ClN3/c1-8-4-10(11(12)15-5-8)14-7-9-2-3-13-6-9/h2-6,13-14H,7H2,1H3. The lowest BCUT2D eigenvalue weighted by atomic mass is 10.3. The zero-order chi connectivity index (χ0) is 10.7. The van der Waals surface area contributed by atoms with Crippen LogP contribution in [0.4, 0.5) is 5.69 Å². The van der Waals surface area contributed by atoms with E-state index in [-0.39, 0.29) is 0 Å². The summed E-state index contributed by atoms with van der Waals surface area (Å²) in [7, 11) is 0. The highest BCUT2D eigenvalue weighted by Crippen LogP contribution is 2.20. The molecule has 2 N–H and O–H groups in total. The predicted octanol–water partition coefficient (Wildman–Crippen LogP) is 2.98. The van der Waals surface area contributed by atoms with E-state index in [1.54, 1.807) is 6.20 Å². The van der Waals surface area contributed by atoms with Gasteiger partial charge in [-0.2, -0.15) is 0 Å². The zero-order valence-electron chi connectivity index (χ0n) is 8.42. The van der Waals surface area contributed by atoms with Gasteiger partial charge in [0.1, 0.15) is 0 Å². The van der Waals surface area contributed by atoms with Crippen molar-refractivity contribution < 1.29 is 0 Å². The number of aromatic nitrogens is 2. The lowest BCUT2D eigenvalue weighted by molar-refractivity contribution is 1.13. The van der Waals surface area contributed by atoms with E-state index in [4.69, 9.17) is 11.6 Å². The molecular weight excluding hydrogens is 210 g/mol. The van der Waals surface area contributed by atoms with Gasteiger partial charge in [-0.25, -0.2) is 4.98 Å². The lowest BCUT2D eigenvalue weighted by Crippen LogP contribution is -2.00. The third-order valence-corrected chi connectivity index (χ3v) is 2.42. The first-order chi connectivity index (χ1) is 7.25. The lowest BCUT2D eigenvalue weighted by Gasteiger charge is -2.07. The molecule has 0 saturated carbocycles. The number of hydrogen-bond acceptors (Lipinski definition) is 2. The number of halogens is 1. The fourth-order valence-corrected chi connectivity index (χ4v) is 1.51. The molecular formula is C11H12ClN3. The molecule has 2 heterocycles. The topological polar surface area (TPSA) is 40.7 Å². The smallest absolute Gasteiger partial charge is 0.152 e. The molecule has 0 fully saturated rings. The Kier molecular flexibility index (Phi) is 2.92. The van der Waals surface area contributed by atoms with E-state index in [0.717, 1.165) is 17.8 Å². The minimum atomic E-state index is 0.510. The van der Waals surface area contributed by atoms with Gasteiger partial charge in [0.2, 0.25) is 0 Å². The fourth-order valence-electron chi connectivity index (χ4n) is 1.34. The van der Waals surface area contributed by atoms with Crippen LogP contribution in [0.3, 0.4) is 0 Å². The molecule has 3 nitrogen and oxygen atoms in total. The van der Waals surface area contributed by atoms with E-state index in [1.165, 1.54) is 5.56 Å². The number of pyridine rings is 1. The van der Waals surface area contributed by atoms with Gasteiger partial charge in [-0.15, -0.1) is 0 Å². The molecule has 0 aliphatic rings. The van der Waals surface area contributed by atoms with Crippen LogP contribution in [0.5, 0.6) is 0 Å². The van der Waals surface area contributed by atoms with Crippen LogP contribution in [-0.4, -0.2) is 9.97 Å². The third-order valence-electron chi connectivity index (χ3n) is 2.12. The normalized spacial score (nSPS) is 10.3. The molecule has 2 aromatic heterocycles. The molecule has 2 rings (SSSR count). The summed E-state index contributed by atoms with van der Waals surface area (Å²) < 4.78 is 0. The van der Waals surface area contributed by atoms with Crippen molar-refractivity contribution in [3.63, 3.8) is 0 Å². The SMILES string of the molecule is Cc1cnc(Cl)c(NCc2cc[nH]c2)c1. The van der Waals surface area contributed by atoms with Gasteiger partial charge in [0.05, 0.1) is 5.69 Å². The minimum Gasteiger partial charge on any atom is -0.378 e. The summed E-state index contributed by atoms with van der Waals surface area (Å²) in [5.74, 6) is 0. The molecule has 0 amide bonds. The molecule has 0 unspecified atom stereocenters. The first-order valence-electron chi connectivity index (χ1n) is 4.73. The summed E-state index contributed by atoms with van der Waals surface area (Å²) >= 11 is 5.95. The molecule has 0 radical (unpaired) electrons. The Hall–Kier alpha value is -1.48. The molecule has 0 saturated heterocycles. The molecule has 4 heteroatoms.